The van der Waals surface area contributed by atoms with Gasteiger partial charge in [0.25, 0.3) is 5.91 Å². The number of halogens is 1. The molecular formula is C13H11ClN2O. The molecule has 0 saturated carbocycles. The molecule has 4 heteroatoms. The van der Waals surface area contributed by atoms with Gasteiger partial charge in [-0.15, -0.1) is 0 Å². The first-order chi connectivity index (χ1) is 8.15. The molecule has 0 aliphatic carbocycles. The lowest BCUT2D eigenvalue weighted by molar-refractivity contribution is 0.102. The van der Waals surface area contributed by atoms with E-state index in [2.05, 4.69) is 10.3 Å². The fraction of sp³-hybridized carbons (Fsp3) is 0.0769. The van der Waals surface area contributed by atoms with Crippen LogP contribution in [0.1, 0.15) is 15.9 Å². The van der Waals surface area contributed by atoms with Gasteiger partial charge >= 0.3 is 0 Å². The number of aromatic nitrogens is 1. The van der Waals surface area contributed by atoms with Crippen molar-refractivity contribution in [3.8, 4) is 0 Å². The van der Waals surface area contributed by atoms with Crippen LogP contribution in [0, 0.1) is 6.92 Å². The van der Waals surface area contributed by atoms with E-state index in [-0.39, 0.29) is 5.91 Å². The minimum Gasteiger partial charge on any atom is -0.321 e. The molecule has 1 aromatic heterocycles. The molecule has 86 valence electrons. The quantitative estimate of drug-likeness (QED) is 0.884. The lowest BCUT2D eigenvalue weighted by atomic mass is 10.2. The van der Waals surface area contributed by atoms with E-state index >= 15 is 0 Å². The number of nitrogens with zero attached hydrogens (tertiary/aromatic N) is 1. The van der Waals surface area contributed by atoms with Crippen molar-refractivity contribution in [2.24, 2.45) is 0 Å². The van der Waals surface area contributed by atoms with Crippen molar-refractivity contribution in [3.05, 3.63) is 58.9 Å². The first-order valence-corrected chi connectivity index (χ1v) is 5.51. The van der Waals surface area contributed by atoms with Gasteiger partial charge in [-0.25, -0.2) is 0 Å². The third kappa shape index (κ3) is 3.04. The molecule has 0 atom stereocenters. The molecule has 1 aromatic carbocycles. The van der Waals surface area contributed by atoms with Crippen molar-refractivity contribution in [2.45, 2.75) is 6.92 Å². The van der Waals surface area contributed by atoms with Gasteiger partial charge in [0.15, 0.2) is 0 Å². The Bertz CT molecular complexity index is 537. The first kappa shape index (κ1) is 11.6. The molecule has 0 aliphatic heterocycles. The lowest BCUT2D eigenvalue weighted by Crippen LogP contribution is -2.11. The molecule has 1 amide bonds. The van der Waals surface area contributed by atoms with E-state index in [9.17, 15) is 4.79 Å². The van der Waals surface area contributed by atoms with Gasteiger partial charge in [0.05, 0.1) is 11.9 Å². The normalized spacial score (nSPS) is 10.0. The van der Waals surface area contributed by atoms with Crippen molar-refractivity contribution in [3.63, 3.8) is 0 Å². The van der Waals surface area contributed by atoms with E-state index in [0.29, 0.717) is 16.3 Å². The fourth-order valence-corrected chi connectivity index (χ4v) is 1.55. The molecule has 17 heavy (non-hydrogen) atoms. The minimum atomic E-state index is -0.172. The summed E-state index contributed by atoms with van der Waals surface area (Å²) in [6.45, 7) is 1.92. The second-order valence-corrected chi connectivity index (χ2v) is 4.15. The fourth-order valence-electron chi connectivity index (χ4n) is 1.43. The second-order valence-electron chi connectivity index (χ2n) is 3.71. The Labute approximate surface area is 104 Å². The molecule has 0 bridgehead atoms. The van der Waals surface area contributed by atoms with Crippen LogP contribution in [0.15, 0.2) is 42.7 Å². The Balaban J connectivity index is 2.14. The predicted molar refractivity (Wildman–Crippen MR) is 68.4 cm³/mol. The highest BCUT2D eigenvalue weighted by Crippen LogP contribution is 2.12. The summed E-state index contributed by atoms with van der Waals surface area (Å²) < 4.78 is 0. The van der Waals surface area contributed by atoms with E-state index in [1.165, 1.54) is 0 Å². The summed E-state index contributed by atoms with van der Waals surface area (Å²) in [5, 5.41) is 3.38. The molecule has 3 nitrogen and oxygen atoms in total. The summed E-state index contributed by atoms with van der Waals surface area (Å²) in [5.41, 5.74) is 2.25. The molecule has 0 fully saturated rings. The van der Waals surface area contributed by atoms with Crippen molar-refractivity contribution in [2.75, 3.05) is 5.32 Å². The van der Waals surface area contributed by atoms with Crippen LogP contribution < -0.4 is 5.32 Å². The number of amides is 1. The van der Waals surface area contributed by atoms with Crippen LogP contribution in [-0.4, -0.2) is 10.9 Å². The third-order valence-corrected chi connectivity index (χ3v) is 2.49. The maximum atomic E-state index is 11.9. The molecule has 0 aliphatic rings. The summed E-state index contributed by atoms with van der Waals surface area (Å²) in [5.74, 6) is -0.172. The molecule has 1 heterocycles. The number of benzene rings is 1. The average molecular weight is 247 g/mol. The van der Waals surface area contributed by atoms with Crippen LogP contribution in [0.3, 0.4) is 0 Å². The van der Waals surface area contributed by atoms with Gasteiger partial charge < -0.3 is 5.32 Å². The molecule has 0 saturated heterocycles. The van der Waals surface area contributed by atoms with Crippen LogP contribution in [0.25, 0.3) is 0 Å². The summed E-state index contributed by atoms with van der Waals surface area (Å²) in [6.07, 6.45) is 3.35. The number of anilines is 1. The molecule has 2 rings (SSSR count). The van der Waals surface area contributed by atoms with E-state index in [1.54, 1.807) is 36.7 Å². The molecule has 0 unspecified atom stereocenters. The number of hydrogen-bond acceptors (Lipinski definition) is 2. The number of carbonyl (C=O) groups is 1. The number of nitrogens with one attached hydrogen (secondary N) is 1. The Kier molecular flexibility index (Phi) is 3.40. The zero-order valence-electron chi connectivity index (χ0n) is 9.27. The number of carbonyl (C=O) groups excluding carboxylic acids is 1. The zero-order valence-corrected chi connectivity index (χ0v) is 10.0. The second kappa shape index (κ2) is 4.97. The van der Waals surface area contributed by atoms with Gasteiger partial charge in [-0.1, -0.05) is 11.6 Å². The Morgan fingerprint density at radius 1 is 1.24 bits per heavy atom. The monoisotopic (exact) mass is 246 g/mol. The Morgan fingerprint density at radius 3 is 2.59 bits per heavy atom. The van der Waals surface area contributed by atoms with Crippen molar-refractivity contribution in [1.29, 1.82) is 0 Å². The van der Waals surface area contributed by atoms with Crippen molar-refractivity contribution < 1.29 is 4.79 Å². The largest absolute Gasteiger partial charge is 0.321 e. The maximum Gasteiger partial charge on any atom is 0.255 e. The van der Waals surface area contributed by atoms with E-state index < -0.39 is 0 Å². The molecule has 1 N–H and O–H groups in total. The predicted octanol–water partition coefficient (Wildman–Crippen LogP) is 3.30. The van der Waals surface area contributed by atoms with Gasteiger partial charge in [-0.3, -0.25) is 9.78 Å². The van der Waals surface area contributed by atoms with Gasteiger partial charge in [-0.05, 0) is 42.8 Å². The summed E-state index contributed by atoms with van der Waals surface area (Å²) in [6, 6.07) is 8.60. The summed E-state index contributed by atoms with van der Waals surface area (Å²) >= 11 is 5.76. The van der Waals surface area contributed by atoms with Crippen LogP contribution in [0.2, 0.25) is 5.02 Å². The number of pyridine rings is 1. The summed E-state index contributed by atoms with van der Waals surface area (Å²) in [7, 11) is 0. The maximum absolute atomic E-state index is 11.9. The van der Waals surface area contributed by atoms with Gasteiger partial charge in [-0.2, -0.15) is 0 Å². The van der Waals surface area contributed by atoms with Crippen LogP contribution in [0.4, 0.5) is 5.69 Å². The highest BCUT2D eigenvalue weighted by Gasteiger charge is 2.05. The summed E-state index contributed by atoms with van der Waals surface area (Å²) in [4.78, 5) is 15.9. The molecule has 2 aromatic rings. The molecule has 0 radical (unpaired) electrons. The Hall–Kier alpha value is -1.87. The van der Waals surface area contributed by atoms with Crippen LogP contribution >= 0.6 is 11.6 Å². The van der Waals surface area contributed by atoms with Gasteiger partial charge in [0.1, 0.15) is 0 Å². The molecular weight excluding hydrogens is 236 g/mol. The smallest absolute Gasteiger partial charge is 0.255 e. The van der Waals surface area contributed by atoms with E-state index in [0.717, 1.165) is 5.56 Å². The van der Waals surface area contributed by atoms with Crippen molar-refractivity contribution in [1.82, 2.24) is 4.98 Å². The number of aryl methyl sites for hydroxylation is 1. The topological polar surface area (TPSA) is 42.0 Å². The van der Waals surface area contributed by atoms with Crippen LogP contribution in [-0.2, 0) is 0 Å². The van der Waals surface area contributed by atoms with Crippen LogP contribution in [0.5, 0.6) is 0 Å². The zero-order chi connectivity index (χ0) is 12.3. The van der Waals surface area contributed by atoms with Crippen molar-refractivity contribution >= 4 is 23.2 Å². The van der Waals surface area contributed by atoms with E-state index in [1.807, 2.05) is 13.0 Å². The van der Waals surface area contributed by atoms with Gasteiger partial charge in [0.2, 0.25) is 0 Å². The average Bonchev–Trinajstić information content (AvgIpc) is 2.29. The number of rotatable bonds is 2. The first-order valence-electron chi connectivity index (χ1n) is 5.14. The third-order valence-electron chi connectivity index (χ3n) is 2.24. The highest BCUT2D eigenvalue weighted by molar-refractivity contribution is 6.30. The SMILES string of the molecule is Cc1cncc(NC(=O)c2ccc(Cl)cc2)c1. The minimum absolute atomic E-state index is 0.172. The lowest BCUT2D eigenvalue weighted by Gasteiger charge is -2.05. The molecule has 0 spiro atoms. The Morgan fingerprint density at radius 2 is 1.94 bits per heavy atom. The standard InChI is InChI=1S/C13H11ClN2O/c1-9-6-12(8-15-7-9)16-13(17)10-2-4-11(14)5-3-10/h2-8H,1H3,(H,16,17). The van der Waals surface area contributed by atoms with Gasteiger partial charge in [0, 0.05) is 16.8 Å². The van der Waals surface area contributed by atoms with E-state index in [4.69, 9.17) is 11.6 Å². The number of hydrogen-bond donors (Lipinski definition) is 1. The highest BCUT2D eigenvalue weighted by atomic mass is 35.5.